The number of aromatic nitrogens is 4. The number of imidazole rings is 1. The highest BCUT2D eigenvalue weighted by atomic mass is 79.9. The Morgan fingerprint density at radius 2 is 2.00 bits per heavy atom. The molecular weight excluding hydrogens is 478 g/mol. The van der Waals surface area contributed by atoms with Gasteiger partial charge in [0.15, 0.2) is 4.96 Å². The van der Waals surface area contributed by atoms with Crippen LogP contribution in [0.2, 0.25) is 0 Å². The number of anilines is 1. The van der Waals surface area contributed by atoms with Gasteiger partial charge in [-0.1, -0.05) is 28.1 Å². The maximum atomic E-state index is 12.6. The van der Waals surface area contributed by atoms with Gasteiger partial charge in [0.2, 0.25) is 5.91 Å². The molecular formula is C22H16BrN5O2S. The second-order valence-electron chi connectivity index (χ2n) is 7.00. The SMILES string of the molecule is O=C(CCn1cnc2ccc(Br)cc2c1=O)Nc1ccc(-c2cn3ccsc3n2)cc1. The van der Waals surface area contributed by atoms with Crippen molar-refractivity contribution in [3.05, 3.63) is 81.4 Å². The molecule has 0 spiro atoms. The molecule has 0 saturated carbocycles. The molecule has 154 valence electrons. The zero-order valence-corrected chi connectivity index (χ0v) is 18.6. The van der Waals surface area contributed by atoms with E-state index in [1.807, 2.05) is 52.5 Å². The first kappa shape index (κ1) is 19.7. The van der Waals surface area contributed by atoms with Crippen molar-refractivity contribution in [2.45, 2.75) is 13.0 Å². The molecule has 3 heterocycles. The highest BCUT2D eigenvalue weighted by molar-refractivity contribution is 9.10. The molecule has 0 aliphatic heterocycles. The van der Waals surface area contributed by atoms with E-state index in [9.17, 15) is 9.59 Å². The van der Waals surface area contributed by atoms with Crippen LogP contribution in [-0.4, -0.2) is 24.8 Å². The molecule has 9 heteroatoms. The first-order valence-electron chi connectivity index (χ1n) is 9.54. The minimum atomic E-state index is -0.170. The van der Waals surface area contributed by atoms with Gasteiger partial charge in [0, 0.05) is 46.5 Å². The number of hydrogen-bond acceptors (Lipinski definition) is 5. The van der Waals surface area contributed by atoms with Crippen molar-refractivity contribution in [1.29, 1.82) is 0 Å². The van der Waals surface area contributed by atoms with E-state index in [2.05, 4.69) is 31.2 Å². The number of nitrogens with one attached hydrogen (secondary N) is 1. The summed E-state index contributed by atoms with van der Waals surface area (Å²) in [5.74, 6) is -0.170. The maximum Gasteiger partial charge on any atom is 0.261 e. The number of rotatable bonds is 5. The van der Waals surface area contributed by atoms with Crippen LogP contribution in [-0.2, 0) is 11.3 Å². The number of aryl methyl sites for hydroxylation is 1. The van der Waals surface area contributed by atoms with Crippen molar-refractivity contribution in [3.8, 4) is 11.3 Å². The molecule has 1 N–H and O–H groups in total. The second kappa shape index (κ2) is 8.09. The number of thiazole rings is 1. The highest BCUT2D eigenvalue weighted by Gasteiger charge is 2.09. The van der Waals surface area contributed by atoms with Gasteiger partial charge in [0.05, 0.1) is 22.9 Å². The normalized spacial score (nSPS) is 11.3. The first-order chi connectivity index (χ1) is 15.1. The third-order valence-corrected chi connectivity index (χ3v) is 6.19. The fourth-order valence-electron chi connectivity index (χ4n) is 3.33. The molecule has 0 fully saturated rings. The molecule has 5 rings (SSSR count). The van der Waals surface area contributed by atoms with Crippen molar-refractivity contribution in [2.75, 3.05) is 5.32 Å². The zero-order valence-electron chi connectivity index (χ0n) is 16.2. The standard InChI is InChI=1S/C22H16BrN5O2S/c23-15-3-6-18-17(11-15)21(30)28(13-24-18)8-7-20(29)25-16-4-1-14(2-5-16)19-12-27-9-10-31-22(27)26-19/h1-6,9-13H,7-8H2,(H,25,29). The molecule has 31 heavy (non-hydrogen) atoms. The quantitative estimate of drug-likeness (QED) is 0.389. The summed E-state index contributed by atoms with van der Waals surface area (Å²) in [5.41, 5.74) is 3.03. The summed E-state index contributed by atoms with van der Waals surface area (Å²) in [6.45, 7) is 0.254. The lowest BCUT2D eigenvalue weighted by Gasteiger charge is -2.08. The Balaban J connectivity index is 1.24. The van der Waals surface area contributed by atoms with Crippen molar-refractivity contribution >= 4 is 54.7 Å². The molecule has 0 radical (unpaired) electrons. The number of fused-ring (bicyclic) bond motifs is 2. The number of hydrogen-bond donors (Lipinski definition) is 1. The number of carbonyl (C=O) groups is 1. The Morgan fingerprint density at radius 1 is 1.16 bits per heavy atom. The van der Waals surface area contributed by atoms with Gasteiger partial charge in [-0.15, -0.1) is 11.3 Å². The highest BCUT2D eigenvalue weighted by Crippen LogP contribution is 2.23. The molecule has 0 atom stereocenters. The summed E-state index contributed by atoms with van der Waals surface area (Å²) in [5, 5.41) is 5.38. The largest absolute Gasteiger partial charge is 0.326 e. The van der Waals surface area contributed by atoms with Gasteiger partial charge in [-0.25, -0.2) is 9.97 Å². The predicted molar refractivity (Wildman–Crippen MR) is 125 cm³/mol. The van der Waals surface area contributed by atoms with Crippen LogP contribution in [0.4, 0.5) is 5.69 Å². The summed E-state index contributed by atoms with van der Waals surface area (Å²) < 4.78 is 4.26. The average Bonchev–Trinajstić information content (AvgIpc) is 3.37. The van der Waals surface area contributed by atoms with Gasteiger partial charge < -0.3 is 5.32 Å². The molecule has 0 bridgehead atoms. The summed E-state index contributed by atoms with van der Waals surface area (Å²) in [4.78, 5) is 34.8. The summed E-state index contributed by atoms with van der Waals surface area (Å²) in [6.07, 6.45) is 5.60. The van der Waals surface area contributed by atoms with E-state index in [1.54, 1.807) is 23.5 Å². The Bertz CT molecular complexity index is 1440. The predicted octanol–water partition coefficient (Wildman–Crippen LogP) is 4.56. The first-order valence-corrected chi connectivity index (χ1v) is 11.2. The number of carbonyl (C=O) groups excluding carboxylic acids is 1. The smallest absolute Gasteiger partial charge is 0.261 e. The minimum Gasteiger partial charge on any atom is -0.326 e. The third kappa shape index (κ3) is 4.01. The van der Waals surface area contributed by atoms with Gasteiger partial charge in [-0.05, 0) is 30.3 Å². The fraction of sp³-hybridized carbons (Fsp3) is 0.0909. The Kier molecular flexibility index (Phi) is 5.13. The summed E-state index contributed by atoms with van der Waals surface area (Å²) in [7, 11) is 0. The van der Waals surface area contributed by atoms with Crippen molar-refractivity contribution in [3.63, 3.8) is 0 Å². The van der Waals surface area contributed by atoms with Gasteiger partial charge in [0.25, 0.3) is 5.56 Å². The molecule has 0 aliphatic carbocycles. The van der Waals surface area contributed by atoms with E-state index in [4.69, 9.17) is 0 Å². The van der Waals surface area contributed by atoms with Gasteiger partial charge in [-0.3, -0.25) is 18.6 Å². The number of benzene rings is 2. The maximum absolute atomic E-state index is 12.6. The van der Waals surface area contributed by atoms with Crippen LogP contribution in [0.15, 0.2) is 75.8 Å². The number of nitrogens with zero attached hydrogens (tertiary/aromatic N) is 4. The topological polar surface area (TPSA) is 81.3 Å². The minimum absolute atomic E-state index is 0.163. The Hall–Kier alpha value is -3.30. The van der Waals surface area contributed by atoms with Crippen LogP contribution in [0.1, 0.15) is 6.42 Å². The van der Waals surface area contributed by atoms with Crippen LogP contribution in [0.5, 0.6) is 0 Å². The van der Waals surface area contributed by atoms with Crippen LogP contribution in [0.25, 0.3) is 27.1 Å². The van der Waals surface area contributed by atoms with Gasteiger partial charge >= 0.3 is 0 Å². The molecule has 2 aromatic carbocycles. The Labute approximate surface area is 189 Å². The van der Waals surface area contributed by atoms with Crippen molar-refractivity contribution < 1.29 is 4.79 Å². The monoisotopic (exact) mass is 493 g/mol. The lowest BCUT2D eigenvalue weighted by molar-refractivity contribution is -0.116. The van der Waals surface area contributed by atoms with Gasteiger partial charge in [-0.2, -0.15) is 0 Å². The van der Waals surface area contributed by atoms with E-state index in [-0.39, 0.29) is 24.4 Å². The Morgan fingerprint density at radius 3 is 2.81 bits per heavy atom. The second-order valence-corrected chi connectivity index (χ2v) is 8.79. The van der Waals surface area contributed by atoms with Crippen LogP contribution < -0.4 is 10.9 Å². The van der Waals surface area contributed by atoms with E-state index in [1.165, 1.54) is 10.9 Å². The van der Waals surface area contributed by atoms with Crippen LogP contribution >= 0.6 is 27.3 Å². The van der Waals surface area contributed by atoms with E-state index in [0.29, 0.717) is 16.6 Å². The molecule has 0 unspecified atom stereocenters. The molecule has 3 aromatic heterocycles. The van der Waals surface area contributed by atoms with E-state index in [0.717, 1.165) is 20.7 Å². The number of amides is 1. The van der Waals surface area contributed by atoms with E-state index >= 15 is 0 Å². The van der Waals surface area contributed by atoms with Crippen LogP contribution in [0, 0.1) is 0 Å². The zero-order chi connectivity index (χ0) is 21.4. The lowest BCUT2D eigenvalue weighted by atomic mass is 10.1. The summed E-state index contributed by atoms with van der Waals surface area (Å²) in [6, 6.07) is 12.9. The lowest BCUT2D eigenvalue weighted by Crippen LogP contribution is -2.23. The van der Waals surface area contributed by atoms with Crippen LogP contribution in [0.3, 0.4) is 0 Å². The van der Waals surface area contributed by atoms with Crippen molar-refractivity contribution in [2.24, 2.45) is 0 Å². The molecule has 0 aliphatic rings. The van der Waals surface area contributed by atoms with E-state index < -0.39 is 0 Å². The number of halogens is 1. The average molecular weight is 494 g/mol. The van der Waals surface area contributed by atoms with Crippen molar-refractivity contribution in [1.82, 2.24) is 18.9 Å². The third-order valence-electron chi connectivity index (χ3n) is 4.92. The molecule has 1 amide bonds. The fourth-order valence-corrected chi connectivity index (χ4v) is 4.39. The molecule has 7 nitrogen and oxygen atoms in total. The molecule has 0 saturated heterocycles. The molecule has 5 aromatic rings. The summed E-state index contributed by atoms with van der Waals surface area (Å²) >= 11 is 4.96. The van der Waals surface area contributed by atoms with Gasteiger partial charge in [0.1, 0.15) is 0 Å².